The number of amides is 2. The number of hydrogen-bond acceptors (Lipinski definition) is 5. The second-order valence-corrected chi connectivity index (χ2v) is 6.95. The Labute approximate surface area is 146 Å². The normalized spacial score (nSPS) is 24.1. The molecule has 0 radical (unpaired) electrons. The van der Waals surface area contributed by atoms with Gasteiger partial charge in [0.25, 0.3) is 0 Å². The molecule has 2 aliphatic heterocycles. The molecule has 2 fully saturated rings. The van der Waals surface area contributed by atoms with Crippen LogP contribution in [-0.4, -0.2) is 66.8 Å². The van der Waals surface area contributed by atoms with Crippen molar-refractivity contribution >= 4 is 23.6 Å². The lowest BCUT2D eigenvalue weighted by Crippen LogP contribution is -2.52. The summed E-state index contributed by atoms with van der Waals surface area (Å²) >= 11 is 1.63. The Morgan fingerprint density at radius 3 is 2.46 bits per heavy atom. The third-order valence-electron chi connectivity index (χ3n) is 4.37. The van der Waals surface area contributed by atoms with Crippen molar-refractivity contribution in [2.75, 3.05) is 39.2 Å². The molecule has 2 heterocycles. The molecule has 0 spiro atoms. The molecule has 0 aliphatic carbocycles. The summed E-state index contributed by atoms with van der Waals surface area (Å²) in [6.45, 7) is 3.85. The maximum absolute atomic E-state index is 12.8. The van der Waals surface area contributed by atoms with E-state index in [9.17, 15) is 9.59 Å². The van der Waals surface area contributed by atoms with E-state index in [0.29, 0.717) is 32.1 Å². The molecule has 1 aromatic carbocycles. The second kappa shape index (κ2) is 7.44. The average molecular weight is 350 g/mol. The number of rotatable bonds is 3. The van der Waals surface area contributed by atoms with Gasteiger partial charge >= 0.3 is 0 Å². The number of benzene rings is 1. The van der Waals surface area contributed by atoms with Gasteiger partial charge in [0.2, 0.25) is 11.8 Å². The van der Waals surface area contributed by atoms with E-state index in [1.54, 1.807) is 28.7 Å². The summed E-state index contributed by atoms with van der Waals surface area (Å²) in [4.78, 5) is 28.6. The van der Waals surface area contributed by atoms with Crippen LogP contribution in [0.1, 0.15) is 17.9 Å². The third-order valence-corrected chi connectivity index (χ3v) is 5.70. The average Bonchev–Trinajstić information content (AvgIpc) is 3.07. The molecule has 6 nitrogen and oxygen atoms in total. The number of morpholine rings is 1. The van der Waals surface area contributed by atoms with Crippen molar-refractivity contribution in [2.45, 2.75) is 18.3 Å². The highest BCUT2D eigenvalue weighted by Gasteiger charge is 2.42. The Kier molecular flexibility index (Phi) is 5.30. The maximum Gasteiger partial charge on any atom is 0.246 e. The van der Waals surface area contributed by atoms with Crippen molar-refractivity contribution in [2.24, 2.45) is 0 Å². The van der Waals surface area contributed by atoms with E-state index in [1.807, 2.05) is 24.3 Å². The Hall–Kier alpha value is -1.73. The van der Waals surface area contributed by atoms with Gasteiger partial charge in [-0.3, -0.25) is 9.59 Å². The van der Waals surface area contributed by atoms with Crippen molar-refractivity contribution in [3.05, 3.63) is 29.8 Å². The van der Waals surface area contributed by atoms with Gasteiger partial charge in [-0.1, -0.05) is 12.1 Å². The highest BCUT2D eigenvalue weighted by atomic mass is 32.2. The van der Waals surface area contributed by atoms with Gasteiger partial charge in [0, 0.05) is 25.8 Å². The number of thioether (sulfide) groups is 1. The Morgan fingerprint density at radius 2 is 1.88 bits per heavy atom. The standard InChI is InChI=1S/C17H22N2O4S/c1-12(20)19-15(16(21)18-7-9-23-10-8-18)11-24-17(19)13-3-5-14(22-2)6-4-13/h3-6,15,17H,7-11H2,1-2H3. The molecule has 1 aromatic rings. The molecule has 2 amide bonds. The number of carbonyl (C=O) groups is 2. The van der Waals surface area contributed by atoms with Gasteiger partial charge in [0.1, 0.15) is 17.2 Å². The monoisotopic (exact) mass is 350 g/mol. The molecule has 24 heavy (non-hydrogen) atoms. The van der Waals surface area contributed by atoms with Gasteiger partial charge in [-0.2, -0.15) is 0 Å². The number of carbonyl (C=O) groups excluding carboxylic acids is 2. The fraction of sp³-hybridized carbons (Fsp3) is 0.529. The van der Waals surface area contributed by atoms with Crippen LogP contribution in [0.5, 0.6) is 5.75 Å². The molecule has 2 saturated heterocycles. The fourth-order valence-corrected chi connectivity index (χ4v) is 4.57. The van der Waals surface area contributed by atoms with Crippen LogP contribution in [-0.2, 0) is 14.3 Å². The van der Waals surface area contributed by atoms with E-state index in [4.69, 9.17) is 9.47 Å². The predicted octanol–water partition coefficient (Wildman–Crippen LogP) is 1.52. The van der Waals surface area contributed by atoms with E-state index in [0.717, 1.165) is 11.3 Å². The minimum Gasteiger partial charge on any atom is -0.497 e. The van der Waals surface area contributed by atoms with Crippen LogP contribution in [0.2, 0.25) is 0 Å². The molecule has 2 aliphatic rings. The summed E-state index contributed by atoms with van der Waals surface area (Å²) in [6.07, 6.45) is 0. The van der Waals surface area contributed by atoms with Gasteiger partial charge < -0.3 is 19.3 Å². The molecule has 2 atom stereocenters. The molecular formula is C17H22N2O4S. The van der Waals surface area contributed by atoms with Gasteiger partial charge in [0.05, 0.1) is 20.3 Å². The highest BCUT2D eigenvalue weighted by molar-refractivity contribution is 7.99. The van der Waals surface area contributed by atoms with Crippen molar-refractivity contribution in [3.63, 3.8) is 0 Å². The van der Waals surface area contributed by atoms with Crippen LogP contribution in [0, 0.1) is 0 Å². The lowest BCUT2D eigenvalue weighted by Gasteiger charge is -2.33. The van der Waals surface area contributed by atoms with E-state index in [-0.39, 0.29) is 17.2 Å². The van der Waals surface area contributed by atoms with Gasteiger partial charge in [-0.25, -0.2) is 0 Å². The Balaban J connectivity index is 1.79. The summed E-state index contributed by atoms with van der Waals surface area (Å²) in [5.74, 6) is 1.34. The predicted molar refractivity (Wildman–Crippen MR) is 91.9 cm³/mol. The molecule has 0 N–H and O–H groups in total. The van der Waals surface area contributed by atoms with Crippen molar-refractivity contribution in [1.82, 2.24) is 9.80 Å². The zero-order valence-corrected chi connectivity index (χ0v) is 14.8. The largest absolute Gasteiger partial charge is 0.497 e. The molecule has 2 unspecified atom stereocenters. The first-order valence-corrected chi connectivity index (χ1v) is 9.07. The van der Waals surface area contributed by atoms with E-state index < -0.39 is 6.04 Å². The third kappa shape index (κ3) is 3.37. The summed E-state index contributed by atoms with van der Waals surface area (Å²) in [5.41, 5.74) is 1.01. The van der Waals surface area contributed by atoms with Crippen LogP contribution < -0.4 is 4.74 Å². The van der Waals surface area contributed by atoms with Crippen LogP contribution in [0.15, 0.2) is 24.3 Å². The fourth-order valence-electron chi connectivity index (χ4n) is 3.10. The molecule has 3 rings (SSSR count). The van der Waals surface area contributed by atoms with Crippen LogP contribution >= 0.6 is 11.8 Å². The van der Waals surface area contributed by atoms with Crippen molar-refractivity contribution < 1.29 is 19.1 Å². The van der Waals surface area contributed by atoms with Crippen LogP contribution in [0.3, 0.4) is 0 Å². The number of ether oxygens (including phenoxy) is 2. The summed E-state index contributed by atoms with van der Waals surface area (Å²) in [7, 11) is 1.62. The lowest BCUT2D eigenvalue weighted by molar-refractivity contribution is -0.146. The molecule has 0 bridgehead atoms. The van der Waals surface area contributed by atoms with Crippen LogP contribution in [0.25, 0.3) is 0 Å². The van der Waals surface area contributed by atoms with E-state index in [2.05, 4.69) is 0 Å². The smallest absolute Gasteiger partial charge is 0.246 e. The first-order valence-electron chi connectivity index (χ1n) is 8.03. The zero-order chi connectivity index (χ0) is 17.1. The SMILES string of the molecule is COc1ccc(C2SCC(C(=O)N3CCOCC3)N2C(C)=O)cc1. The van der Waals surface area contributed by atoms with E-state index >= 15 is 0 Å². The van der Waals surface area contributed by atoms with Crippen molar-refractivity contribution in [3.8, 4) is 5.75 Å². The molecule has 7 heteroatoms. The summed E-state index contributed by atoms with van der Waals surface area (Å²) in [5, 5.41) is -0.136. The minimum atomic E-state index is -0.405. The topological polar surface area (TPSA) is 59.1 Å². The lowest BCUT2D eigenvalue weighted by atomic mass is 10.1. The molecule has 0 saturated carbocycles. The minimum absolute atomic E-state index is 0.0250. The van der Waals surface area contributed by atoms with Crippen LogP contribution in [0.4, 0.5) is 0 Å². The quantitative estimate of drug-likeness (QED) is 0.827. The van der Waals surface area contributed by atoms with E-state index in [1.165, 1.54) is 6.92 Å². The number of nitrogens with zero attached hydrogens (tertiary/aromatic N) is 2. The number of methoxy groups -OCH3 is 1. The maximum atomic E-state index is 12.8. The molecule has 0 aromatic heterocycles. The second-order valence-electron chi connectivity index (χ2n) is 5.84. The highest BCUT2D eigenvalue weighted by Crippen LogP contribution is 2.42. The first-order chi connectivity index (χ1) is 11.6. The Bertz CT molecular complexity index is 601. The molecule has 130 valence electrons. The summed E-state index contributed by atoms with van der Waals surface area (Å²) < 4.78 is 10.5. The first kappa shape index (κ1) is 17.1. The van der Waals surface area contributed by atoms with Gasteiger partial charge in [-0.05, 0) is 17.7 Å². The molecular weight excluding hydrogens is 328 g/mol. The zero-order valence-electron chi connectivity index (χ0n) is 13.9. The van der Waals surface area contributed by atoms with Crippen molar-refractivity contribution in [1.29, 1.82) is 0 Å². The number of hydrogen-bond donors (Lipinski definition) is 0. The van der Waals surface area contributed by atoms with Gasteiger partial charge in [0.15, 0.2) is 0 Å². The summed E-state index contributed by atoms with van der Waals surface area (Å²) in [6, 6.07) is 7.26. The van der Waals surface area contributed by atoms with Gasteiger partial charge in [-0.15, -0.1) is 11.8 Å². The Morgan fingerprint density at radius 1 is 1.21 bits per heavy atom.